The van der Waals surface area contributed by atoms with E-state index < -0.39 is 0 Å². The second-order valence-corrected chi connectivity index (χ2v) is 7.16. The maximum Gasteiger partial charge on any atom is 0.235 e. The summed E-state index contributed by atoms with van der Waals surface area (Å²) in [6.45, 7) is 7.51. The van der Waals surface area contributed by atoms with Crippen LogP contribution >= 0.6 is 23.4 Å². The number of amides is 1. The third-order valence-electron chi connectivity index (χ3n) is 3.82. The molecule has 2 rings (SSSR count). The molecule has 6 nitrogen and oxygen atoms in total. The zero-order valence-electron chi connectivity index (χ0n) is 14.9. The fourth-order valence-electron chi connectivity index (χ4n) is 2.28. The van der Waals surface area contributed by atoms with Gasteiger partial charge in [0.1, 0.15) is 12.4 Å². The maximum absolute atomic E-state index is 12.4. The van der Waals surface area contributed by atoms with Crippen LogP contribution in [0, 0.1) is 0 Å². The smallest absolute Gasteiger partial charge is 0.235 e. The van der Waals surface area contributed by atoms with Gasteiger partial charge in [-0.3, -0.25) is 4.79 Å². The van der Waals surface area contributed by atoms with Gasteiger partial charge in [-0.05, 0) is 32.9 Å². The van der Waals surface area contributed by atoms with E-state index in [4.69, 9.17) is 16.3 Å². The molecule has 136 valence electrons. The van der Waals surface area contributed by atoms with Crippen molar-refractivity contribution in [3.63, 3.8) is 0 Å². The summed E-state index contributed by atoms with van der Waals surface area (Å²) in [6, 6.07) is 7.29. The second-order valence-electron chi connectivity index (χ2n) is 5.45. The molecular weight excluding hydrogens is 360 g/mol. The van der Waals surface area contributed by atoms with E-state index in [9.17, 15) is 4.79 Å². The predicted octanol–water partition coefficient (Wildman–Crippen LogP) is 3.40. The molecule has 25 heavy (non-hydrogen) atoms. The highest BCUT2D eigenvalue weighted by Gasteiger charge is 2.22. The van der Waals surface area contributed by atoms with E-state index in [1.54, 1.807) is 12.1 Å². The number of ether oxygens (including phenoxy) is 1. The lowest BCUT2D eigenvalue weighted by molar-refractivity contribution is -0.129. The van der Waals surface area contributed by atoms with Gasteiger partial charge in [-0.2, -0.15) is 0 Å². The monoisotopic (exact) mass is 382 g/mol. The number of nitrogens with zero attached hydrogens (tertiary/aromatic N) is 4. The van der Waals surface area contributed by atoms with Crippen LogP contribution in [0.4, 0.5) is 0 Å². The molecule has 0 spiro atoms. The molecule has 0 radical (unpaired) electrons. The van der Waals surface area contributed by atoms with Gasteiger partial charge in [-0.25, -0.2) is 0 Å². The molecule has 1 aromatic carbocycles. The summed E-state index contributed by atoms with van der Waals surface area (Å²) >= 11 is 7.48. The highest BCUT2D eigenvalue weighted by atomic mass is 35.5. The molecular formula is C17H23ClN4O2S. The van der Waals surface area contributed by atoms with Crippen LogP contribution in [0.3, 0.4) is 0 Å². The van der Waals surface area contributed by atoms with Crippen molar-refractivity contribution in [3.8, 4) is 5.75 Å². The number of benzene rings is 1. The molecule has 0 fully saturated rings. The van der Waals surface area contributed by atoms with E-state index in [1.165, 1.54) is 11.8 Å². The molecule has 1 amide bonds. The van der Waals surface area contributed by atoms with Gasteiger partial charge in [0.2, 0.25) is 5.91 Å². The lowest BCUT2D eigenvalue weighted by Crippen LogP contribution is -2.36. The Balaban J connectivity index is 2.01. The molecule has 0 saturated carbocycles. The van der Waals surface area contributed by atoms with Crippen molar-refractivity contribution >= 4 is 29.3 Å². The Hall–Kier alpha value is -1.73. The summed E-state index contributed by atoms with van der Waals surface area (Å²) in [7, 11) is 1.86. The summed E-state index contributed by atoms with van der Waals surface area (Å²) in [4.78, 5) is 14.2. The lowest BCUT2D eigenvalue weighted by atomic mass is 10.3. The summed E-state index contributed by atoms with van der Waals surface area (Å²) in [5.41, 5.74) is 0. The molecule has 8 heteroatoms. The number of carbonyl (C=O) groups is 1. The quantitative estimate of drug-likeness (QED) is 0.655. The fraction of sp³-hybridized carbons (Fsp3) is 0.471. The number of thioether (sulfide) groups is 1. The van der Waals surface area contributed by atoms with Crippen molar-refractivity contribution in [2.24, 2.45) is 7.05 Å². The fourth-order valence-corrected chi connectivity index (χ4v) is 3.39. The molecule has 1 unspecified atom stereocenters. The van der Waals surface area contributed by atoms with Crippen LogP contribution in [0.5, 0.6) is 5.75 Å². The van der Waals surface area contributed by atoms with Crippen molar-refractivity contribution in [1.29, 1.82) is 0 Å². The zero-order valence-corrected chi connectivity index (χ0v) is 16.5. The first-order chi connectivity index (χ1) is 12.0. The van der Waals surface area contributed by atoms with Gasteiger partial charge in [-0.15, -0.1) is 10.2 Å². The van der Waals surface area contributed by atoms with Crippen molar-refractivity contribution in [1.82, 2.24) is 19.7 Å². The Bertz CT molecular complexity index is 718. The summed E-state index contributed by atoms with van der Waals surface area (Å²) in [6.07, 6.45) is 0. The molecule has 0 aliphatic rings. The van der Waals surface area contributed by atoms with E-state index in [-0.39, 0.29) is 17.8 Å². The van der Waals surface area contributed by atoms with Crippen LogP contribution in [-0.2, 0) is 18.4 Å². The third kappa shape index (κ3) is 4.89. The number of hydrogen-bond acceptors (Lipinski definition) is 5. The lowest BCUT2D eigenvalue weighted by Gasteiger charge is -2.22. The minimum absolute atomic E-state index is 0.104. The van der Waals surface area contributed by atoms with E-state index in [0.717, 1.165) is 0 Å². The van der Waals surface area contributed by atoms with Gasteiger partial charge in [0.25, 0.3) is 0 Å². The second kappa shape index (κ2) is 9.10. The molecule has 1 atom stereocenters. The van der Waals surface area contributed by atoms with Crippen LogP contribution in [0.2, 0.25) is 5.02 Å². The average Bonchev–Trinajstić information content (AvgIpc) is 2.95. The van der Waals surface area contributed by atoms with E-state index >= 15 is 0 Å². The van der Waals surface area contributed by atoms with Gasteiger partial charge in [0.05, 0.1) is 10.3 Å². The van der Waals surface area contributed by atoms with E-state index in [0.29, 0.717) is 34.8 Å². The van der Waals surface area contributed by atoms with Gasteiger partial charge in [0, 0.05) is 20.1 Å². The zero-order chi connectivity index (χ0) is 18.4. The first-order valence-corrected chi connectivity index (χ1v) is 9.44. The van der Waals surface area contributed by atoms with Gasteiger partial charge >= 0.3 is 0 Å². The molecule has 0 saturated heterocycles. The maximum atomic E-state index is 12.4. The number of rotatable bonds is 8. The molecule has 2 aromatic rings. The van der Waals surface area contributed by atoms with Crippen LogP contribution < -0.4 is 4.74 Å². The Morgan fingerprint density at radius 3 is 2.64 bits per heavy atom. The Morgan fingerprint density at radius 1 is 1.32 bits per heavy atom. The number of aromatic nitrogens is 3. The van der Waals surface area contributed by atoms with Crippen LogP contribution in [-0.4, -0.2) is 43.9 Å². The standard InChI is InChI=1S/C17H23ClN4O2S/c1-5-22(6-2)16(23)12(3)25-17-20-19-15(21(17)4)11-24-14-10-8-7-9-13(14)18/h7-10,12H,5-6,11H2,1-4H3. The Labute approximate surface area is 157 Å². The third-order valence-corrected chi connectivity index (χ3v) is 5.26. The van der Waals surface area contributed by atoms with Crippen molar-refractivity contribution in [2.45, 2.75) is 37.8 Å². The van der Waals surface area contributed by atoms with Crippen molar-refractivity contribution in [2.75, 3.05) is 13.1 Å². The topological polar surface area (TPSA) is 60.3 Å². The van der Waals surface area contributed by atoms with E-state index in [2.05, 4.69) is 10.2 Å². The summed E-state index contributed by atoms with van der Waals surface area (Å²) in [5.74, 6) is 1.38. The number of carbonyl (C=O) groups excluding carboxylic acids is 1. The number of para-hydroxylation sites is 1. The molecule has 0 N–H and O–H groups in total. The summed E-state index contributed by atoms with van der Waals surface area (Å²) < 4.78 is 7.54. The van der Waals surface area contributed by atoms with Crippen LogP contribution in [0.25, 0.3) is 0 Å². The Kier molecular flexibility index (Phi) is 7.13. The van der Waals surface area contributed by atoms with Gasteiger partial charge in [0.15, 0.2) is 11.0 Å². The largest absolute Gasteiger partial charge is 0.484 e. The SMILES string of the molecule is CCN(CC)C(=O)C(C)Sc1nnc(COc2ccccc2Cl)n1C. The molecule has 0 aliphatic carbocycles. The highest BCUT2D eigenvalue weighted by Crippen LogP contribution is 2.25. The van der Waals surface area contributed by atoms with Crippen molar-refractivity contribution in [3.05, 3.63) is 35.1 Å². The van der Waals surface area contributed by atoms with Crippen LogP contribution in [0.15, 0.2) is 29.4 Å². The summed E-state index contributed by atoms with van der Waals surface area (Å²) in [5, 5.41) is 9.35. The van der Waals surface area contributed by atoms with Gasteiger partial charge < -0.3 is 14.2 Å². The normalized spacial score (nSPS) is 12.0. The first-order valence-electron chi connectivity index (χ1n) is 8.18. The molecule has 1 aromatic heterocycles. The molecule has 1 heterocycles. The minimum Gasteiger partial charge on any atom is -0.484 e. The minimum atomic E-state index is -0.222. The first kappa shape index (κ1) is 19.6. The number of hydrogen-bond donors (Lipinski definition) is 0. The average molecular weight is 383 g/mol. The highest BCUT2D eigenvalue weighted by molar-refractivity contribution is 8.00. The molecule has 0 aliphatic heterocycles. The number of halogens is 1. The van der Waals surface area contributed by atoms with Crippen molar-refractivity contribution < 1.29 is 9.53 Å². The Morgan fingerprint density at radius 2 is 2.00 bits per heavy atom. The molecule has 0 bridgehead atoms. The predicted molar refractivity (Wildman–Crippen MR) is 100 cm³/mol. The van der Waals surface area contributed by atoms with Crippen LogP contribution in [0.1, 0.15) is 26.6 Å². The van der Waals surface area contributed by atoms with E-state index in [1.807, 2.05) is 49.4 Å². The van der Waals surface area contributed by atoms with Gasteiger partial charge in [-0.1, -0.05) is 35.5 Å².